The first kappa shape index (κ1) is 13.8. The van der Waals surface area contributed by atoms with Gasteiger partial charge in [-0.2, -0.15) is 0 Å². The van der Waals surface area contributed by atoms with Crippen LogP contribution in [0.5, 0.6) is 5.75 Å². The molecule has 0 spiro atoms. The normalized spacial score (nSPS) is 15.7. The molecule has 1 heterocycles. The average Bonchev–Trinajstić information content (AvgIpc) is 2.43. The number of anilines is 1. The second kappa shape index (κ2) is 6.04. The Morgan fingerprint density at radius 3 is 3.05 bits per heavy atom. The monoisotopic (exact) mass is 263 g/mol. The molecule has 1 aliphatic heterocycles. The van der Waals surface area contributed by atoms with E-state index in [4.69, 9.17) is 10.5 Å². The number of hydrogen-bond acceptors (Lipinski definition) is 4. The van der Waals surface area contributed by atoms with Crippen molar-refractivity contribution in [3.8, 4) is 5.75 Å². The standard InChI is InChI=1S/C14H21N3O2/c1-10(8-15)17(2)6-5-11-3-4-13-12(7-11)16-14(18)9-19-13/h3-4,7,10H,5-6,8-9,15H2,1-2H3,(H,16,18). The van der Waals surface area contributed by atoms with Crippen LogP contribution in [0.4, 0.5) is 5.69 Å². The van der Waals surface area contributed by atoms with Crippen molar-refractivity contribution in [1.29, 1.82) is 0 Å². The van der Waals surface area contributed by atoms with Gasteiger partial charge < -0.3 is 20.7 Å². The van der Waals surface area contributed by atoms with E-state index in [1.165, 1.54) is 5.56 Å². The minimum Gasteiger partial charge on any atom is -0.482 e. The SMILES string of the molecule is CC(CN)N(C)CCc1ccc2c(c1)NC(=O)CO2. The summed E-state index contributed by atoms with van der Waals surface area (Å²) in [5.74, 6) is 0.644. The third kappa shape index (κ3) is 3.45. The first-order valence-electron chi connectivity index (χ1n) is 6.56. The predicted molar refractivity (Wildman–Crippen MR) is 75.4 cm³/mol. The molecule has 1 aliphatic rings. The zero-order valence-electron chi connectivity index (χ0n) is 11.5. The number of carbonyl (C=O) groups excluding carboxylic acids is 1. The number of benzene rings is 1. The Bertz CT molecular complexity index is 462. The van der Waals surface area contributed by atoms with E-state index < -0.39 is 0 Å². The Hall–Kier alpha value is -1.59. The number of likely N-dealkylation sites (N-methyl/N-ethyl adjacent to an activating group) is 1. The van der Waals surface area contributed by atoms with Crippen LogP contribution in [0.25, 0.3) is 0 Å². The molecule has 0 aromatic heterocycles. The molecule has 1 amide bonds. The van der Waals surface area contributed by atoms with Gasteiger partial charge in [-0.05, 0) is 38.1 Å². The van der Waals surface area contributed by atoms with E-state index >= 15 is 0 Å². The maximum Gasteiger partial charge on any atom is 0.262 e. The summed E-state index contributed by atoms with van der Waals surface area (Å²) in [6.45, 7) is 3.81. The van der Waals surface area contributed by atoms with Gasteiger partial charge in [0.05, 0.1) is 5.69 Å². The number of carbonyl (C=O) groups is 1. The summed E-state index contributed by atoms with van der Waals surface area (Å²) in [7, 11) is 2.07. The zero-order chi connectivity index (χ0) is 13.8. The second-order valence-electron chi connectivity index (χ2n) is 4.98. The zero-order valence-corrected chi connectivity index (χ0v) is 11.5. The van der Waals surface area contributed by atoms with Gasteiger partial charge in [-0.3, -0.25) is 4.79 Å². The lowest BCUT2D eigenvalue weighted by molar-refractivity contribution is -0.118. The van der Waals surface area contributed by atoms with Gasteiger partial charge in [-0.1, -0.05) is 6.07 Å². The van der Waals surface area contributed by atoms with Gasteiger partial charge >= 0.3 is 0 Å². The van der Waals surface area contributed by atoms with Crippen LogP contribution in [0.15, 0.2) is 18.2 Å². The molecule has 0 saturated carbocycles. The second-order valence-corrected chi connectivity index (χ2v) is 4.98. The number of ether oxygens (including phenoxy) is 1. The highest BCUT2D eigenvalue weighted by atomic mass is 16.5. The Kier molecular flexibility index (Phi) is 4.39. The van der Waals surface area contributed by atoms with Gasteiger partial charge in [0, 0.05) is 19.1 Å². The van der Waals surface area contributed by atoms with E-state index in [1.54, 1.807) is 0 Å². The molecule has 1 unspecified atom stereocenters. The first-order valence-corrected chi connectivity index (χ1v) is 6.56. The maximum absolute atomic E-state index is 11.3. The van der Waals surface area contributed by atoms with Gasteiger partial charge in [0.2, 0.25) is 0 Å². The molecule has 0 fully saturated rings. The minimum atomic E-state index is -0.0986. The lowest BCUT2D eigenvalue weighted by Crippen LogP contribution is -2.36. The van der Waals surface area contributed by atoms with Crippen molar-refractivity contribution in [2.24, 2.45) is 5.73 Å². The van der Waals surface area contributed by atoms with Crippen molar-refractivity contribution in [1.82, 2.24) is 4.90 Å². The van der Waals surface area contributed by atoms with Crippen LogP contribution in [-0.2, 0) is 11.2 Å². The van der Waals surface area contributed by atoms with Crippen LogP contribution in [0.1, 0.15) is 12.5 Å². The molecule has 0 aliphatic carbocycles. The fourth-order valence-electron chi connectivity index (χ4n) is 1.99. The van der Waals surface area contributed by atoms with Gasteiger partial charge in [-0.15, -0.1) is 0 Å². The van der Waals surface area contributed by atoms with E-state index in [-0.39, 0.29) is 12.5 Å². The number of hydrogen-bond donors (Lipinski definition) is 2. The number of nitrogens with zero attached hydrogens (tertiary/aromatic N) is 1. The predicted octanol–water partition coefficient (Wildman–Crippen LogP) is 0.839. The molecule has 2 rings (SSSR count). The van der Waals surface area contributed by atoms with E-state index in [9.17, 15) is 4.79 Å². The lowest BCUT2D eigenvalue weighted by atomic mass is 10.1. The average molecular weight is 263 g/mol. The van der Waals surface area contributed by atoms with Crippen LogP contribution in [0.2, 0.25) is 0 Å². The summed E-state index contributed by atoms with van der Waals surface area (Å²) < 4.78 is 5.33. The van der Waals surface area contributed by atoms with E-state index in [2.05, 4.69) is 24.2 Å². The summed E-state index contributed by atoms with van der Waals surface area (Å²) in [6.07, 6.45) is 0.921. The third-order valence-electron chi connectivity index (χ3n) is 3.52. The molecule has 104 valence electrons. The van der Waals surface area contributed by atoms with Gasteiger partial charge in [0.15, 0.2) is 6.61 Å². The van der Waals surface area contributed by atoms with Crippen molar-refractivity contribution in [2.75, 3.05) is 32.1 Å². The van der Waals surface area contributed by atoms with E-state index in [1.807, 2.05) is 18.2 Å². The number of nitrogens with one attached hydrogen (secondary N) is 1. The number of amides is 1. The van der Waals surface area contributed by atoms with Crippen LogP contribution >= 0.6 is 0 Å². The number of fused-ring (bicyclic) bond motifs is 1. The van der Waals surface area contributed by atoms with Gasteiger partial charge in [0.25, 0.3) is 5.91 Å². The fourth-order valence-corrected chi connectivity index (χ4v) is 1.99. The molecular formula is C14H21N3O2. The van der Waals surface area contributed by atoms with Crippen molar-refractivity contribution in [2.45, 2.75) is 19.4 Å². The lowest BCUT2D eigenvalue weighted by Gasteiger charge is -2.23. The summed E-state index contributed by atoms with van der Waals surface area (Å²) in [5.41, 5.74) is 7.59. The van der Waals surface area contributed by atoms with Crippen molar-refractivity contribution >= 4 is 11.6 Å². The van der Waals surface area contributed by atoms with Crippen LogP contribution in [-0.4, -0.2) is 43.6 Å². The highest BCUT2D eigenvalue weighted by molar-refractivity contribution is 5.95. The quantitative estimate of drug-likeness (QED) is 0.826. The Labute approximate surface area is 113 Å². The molecule has 3 N–H and O–H groups in total. The molecule has 1 atom stereocenters. The Balaban J connectivity index is 1.98. The largest absolute Gasteiger partial charge is 0.482 e. The highest BCUT2D eigenvalue weighted by Crippen LogP contribution is 2.28. The highest BCUT2D eigenvalue weighted by Gasteiger charge is 2.16. The summed E-state index contributed by atoms with van der Waals surface area (Å²) in [4.78, 5) is 13.5. The molecule has 5 heteroatoms. The fraction of sp³-hybridized carbons (Fsp3) is 0.500. The maximum atomic E-state index is 11.3. The molecule has 19 heavy (non-hydrogen) atoms. The summed E-state index contributed by atoms with van der Waals surface area (Å²) in [6, 6.07) is 6.31. The van der Waals surface area contributed by atoms with Crippen LogP contribution < -0.4 is 15.8 Å². The van der Waals surface area contributed by atoms with Gasteiger partial charge in [0.1, 0.15) is 5.75 Å². The minimum absolute atomic E-state index is 0.0986. The van der Waals surface area contributed by atoms with Gasteiger partial charge in [-0.25, -0.2) is 0 Å². The Morgan fingerprint density at radius 2 is 2.32 bits per heavy atom. The summed E-state index contributed by atoms with van der Waals surface area (Å²) in [5, 5.41) is 2.82. The molecule has 0 bridgehead atoms. The molecule has 1 aromatic rings. The molecule has 5 nitrogen and oxygen atoms in total. The topological polar surface area (TPSA) is 67.6 Å². The van der Waals surface area contributed by atoms with Crippen molar-refractivity contribution < 1.29 is 9.53 Å². The Morgan fingerprint density at radius 1 is 1.53 bits per heavy atom. The van der Waals surface area contributed by atoms with E-state index in [0.29, 0.717) is 12.6 Å². The third-order valence-corrected chi connectivity index (χ3v) is 3.52. The smallest absolute Gasteiger partial charge is 0.262 e. The first-order chi connectivity index (χ1) is 9.10. The summed E-state index contributed by atoms with van der Waals surface area (Å²) >= 11 is 0. The number of nitrogens with two attached hydrogens (primary N) is 1. The van der Waals surface area contributed by atoms with Crippen molar-refractivity contribution in [3.05, 3.63) is 23.8 Å². The molecule has 0 radical (unpaired) electrons. The van der Waals surface area contributed by atoms with Crippen LogP contribution in [0, 0.1) is 0 Å². The number of rotatable bonds is 5. The molecular weight excluding hydrogens is 242 g/mol. The molecule has 1 aromatic carbocycles. The van der Waals surface area contributed by atoms with Crippen molar-refractivity contribution in [3.63, 3.8) is 0 Å². The van der Waals surface area contributed by atoms with E-state index in [0.717, 1.165) is 24.4 Å². The molecule has 0 saturated heterocycles. The van der Waals surface area contributed by atoms with Crippen LogP contribution in [0.3, 0.4) is 0 Å².